The Morgan fingerprint density at radius 3 is 2.97 bits per heavy atom. The summed E-state index contributed by atoms with van der Waals surface area (Å²) < 4.78 is 15.7. The third-order valence-electron chi connectivity index (χ3n) is 7.53. The molecule has 0 saturated carbocycles. The first-order chi connectivity index (χ1) is 16.5. The lowest BCUT2D eigenvalue weighted by Gasteiger charge is -2.35. The fourth-order valence-electron chi connectivity index (χ4n) is 5.82. The van der Waals surface area contributed by atoms with Gasteiger partial charge in [-0.15, -0.1) is 0 Å². The van der Waals surface area contributed by atoms with Crippen LogP contribution in [0, 0.1) is 12.7 Å². The summed E-state index contributed by atoms with van der Waals surface area (Å²) in [5.74, 6) is -0.419. The van der Waals surface area contributed by atoms with Gasteiger partial charge in [-0.05, 0) is 61.6 Å². The zero-order chi connectivity index (χ0) is 23.4. The van der Waals surface area contributed by atoms with Gasteiger partial charge in [0.2, 0.25) is 0 Å². The topological polar surface area (TPSA) is 91.7 Å². The summed E-state index contributed by atoms with van der Waals surface area (Å²) in [4.78, 5) is 27.3. The number of pyridine rings is 2. The summed E-state index contributed by atoms with van der Waals surface area (Å²) >= 11 is 0. The molecule has 9 heteroatoms. The highest BCUT2D eigenvalue weighted by molar-refractivity contribution is 5.81. The van der Waals surface area contributed by atoms with Crippen molar-refractivity contribution >= 4 is 17.1 Å². The van der Waals surface area contributed by atoms with Crippen LogP contribution in [0.5, 0.6) is 0 Å². The van der Waals surface area contributed by atoms with E-state index >= 15 is 0 Å². The Balaban J connectivity index is 1.39. The van der Waals surface area contributed by atoms with Gasteiger partial charge < -0.3 is 15.2 Å². The molecule has 6 heterocycles. The van der Waals surface area contributed by atoms with E-state index in [-0.39, 0.29) is 23.5 Å². The largest absolute Gasteiger partial charge is 0.346 e. The molecule has 1 spiro atoms. The van der Waals surface area contributed by atoms with Gasteiger partial charge in [-0.1, -0.05) is 0 Å². The third kappa shape index (κ3) is 3.10. The predicted octanol–water partition coefficient (Wildman–Crippen LogP) is 4.16. The molecule has 8 nitrogen and oxygen atoms in total. The van der Waals surface area contributed by atoms with Gasteiger partial charge >= 0.3 is 6.03 Å². The van der Waals surface area contributed by atoms with E-state index in [4.69, 9.17) is 0 Å². The van der Waals surface area contributed by atoms with Gasteiger partial charge in [-0.25, -0.2) is 14.2 Å². The number of hydrogen-bond donors (Lipinski definition) is 2. The number of amides is 2. The average Bonchev–Trinajstić information content (AvgIpc) is 3.60. The average molecular weight is 460 g/mol. The maximum atomic E-state index is 13.7. The Kier molecular flexibility index (Phi) is 4.68. The number of aromatic amines is 1. The standard InChI is InChI=1S/C25H26FN7O/c1-15-11-28-23-20(15)10-18(13-29-23)22-25(5-8-33-21(25)3-6-30-33)4-7-32(22)24(34)31-16(2)17-9-19(26)14-27-12-17/h3,6,9-14,16,22H,4-5,7-8H2,1-2H3,(H,28,29)(H,31,34). The van der Waals surface area contributed by atoms with E-state index in [9.17, 15) is 9.18 Å². The number of halogens is 1. The number of rotatable bonds is 3. The first kappa shape index (κ1) is 20.8. The van der Waals surface area contributed by atoms with Crippen LogP contribution in [0.3, 0.4) is 0 Å². The van der Waals surface area contributed by atoms with Crippen molar-refractivity contribution in [3.63, 3.8) is 0 Å². The number of hydrogen-bond acceptors (Lipinski definition) is 4. The molecule has 0 bridgehead atoms. The number of aromatic nitrogens is 5. The molecule has 0 aliphatic carbocycles. The van der Waals surface area contributed by atoms with Crippen LogP contribution in [0.1, 0.15) is 54.2 Å². The van der Waals surface area contributed by atoms with E-state index in [0.29, 0.717) is 12.1 Å². The van der Waals surface area contributed by atoms with Gasteiger partial charge in [-0.3, -0.25) is 9.67 Å². The number of urea groups is 1. The number of nitrogens with one attached hydrogen (secondary N) is 2. The predicted molar refractivity (Wildman–Crippen MR) is 125 cm³/mol. The van der Waals surface area contributed by atoms with Crippen molar-refractivity contribution in [1.29, 1.82) is 0 Å². The monoisotopic (exact) mass is 459 g/mol. The lowest BCUT2D eigenvalue weighted by Crippen LogP contribution is -2.43. The highest BCUT2D eigenvalue weighted by Crippen LogP contribution is 2.54. The lowest BCUT2D eigenvalue weighted by atomic mass is 9.74. The summed E-state index contributed by atoms with van der Waals surface area (Å²) in [7, 11) is 0. The molecule has 2 N–H and O–H groups in total. The molecule has 174 valence electrons. The van der Waals surface area contributed by atoms with Crippen LogP contribution in [0.2, 0.25) is 0 Å². The summed E-state index contributed by atoms with van der Waals surface area (Å²) in [6, 6.07) is 4.90. The number of carbonyl (C=O) groups excluding carboxylic acids is 1. The quantitative estimate of drug-likeness (QED) is 0.481. The third-order valence-corrected chi connectivity index (χ3v) is 7.53. The van der Waals surface area contributed by atoms with Crippen LogP contribution in [-0.4, -0.2) is 42.2 Å². The Hall–Kier alpha value is -3.75. The number of aryl methyl sites for hydroxylation is 2. The number of nitrogens with zero attached hydrogens (tertiary/aromatic N) is 5. The van der Waals surface area contributed by atoms with E-state index in [1.165, 1.54) is 11.8 Å². The number of fused-ring (bicyclic) bond motifs is 3. The molecule has 3 unspecified atom stereocenters. The second-order valence-corrected chi connectivity index (χ2v) is 9.44. The zero-order valence-corrected chi connectivity index (χ0v) is 19.1. The Labute approximate surface area is 196 Å². The molecule has 2 aliphatic heterocycles. The minimum atomic E-state index is -0.419. The highest BCUT2D eigenvalue weighted by Gasteiger charge is 2.54. The lowest BCUT2D eigenvalue weighted by molar-refractivity contribution is 0.176. The summed E-state index contributed by atoms with van der Waals surface area (Å²) in [5.41, 5.74) is 4.54. The molecular formula is C25H26FN7O. The maximum Gasteiger partial charge on any atom is 0.318 e. The molecule has 6 rings (SSSR count). The minimum absolute atomic E-state index is 0.178. The van der Waals surface area contributed by atoms with Crippen LogP contribution < -0.4 is 5.32 Å². The minimum Gasteiger partial charge on any atom is -0.346 e. The normalized spacial score (nSPS) is 22.4. The van der Waals surface area contributed by atoms with Crippen molar-refractivity contribution in [2.45, 2.75) is 50.7 Å². The van der Waals surface area contributed by atoms with Gasteiger partial charge in [0.1, 0.15) is 11.5 Å². The van der Waals surface area contributed by atoms with Crippen LogP contribution in [0.25, 0.3) is 11.0 Å². The first-order valence-corrected chi connectivity index (χ1v) is 11.6. The van der Waals surface area contributed by atoms with E-state index in [1.54, 1.807) is 6.20 Å². The van der Waals surface area contributed by atoms with Gasteiger partial charge in [0.15, 0.2) is 0 Å². The molecule has 2 aliphatic rings. The first-order valence-electron chi connectivity index (χ1n) is 11.6. The SMILES string of the molecule is Cc1c[nH]c2ncc(C3N(C(=O)NC(C)c4cncc(F)c4)CCC34CCn3nccc34)cc12. The van der Waals surface area contributed by atoms with Gasteiger partial charge in [0.25, 0.3) is 0 Å². The number of likely N-dealkylation sites (tertiary alicyclic amines) is 1. The van der Waals surface area contributed by atoms with Gasteiger partial charge in [0.05, 0.1) is 18.3 Å². The fourth-order valence-corrected chi connectivity index (χ4v) is 5.82. The molecule has 34 heavy (non-hydrogen) atoms. The van der Waals surface area contributed by atoms with Crippen molar-refractivity contribution < 1.29 is 9.18 Å². The van der Waals surface area contributed by atoms with Crippen molar-refractivity contribution in [3.05, 3.63) is 77.4 Å². The molecule has 4 aromatic heterocycles. The van der Waals surface area contributed by atoms with Crippen LogP contribution >= 0.6 is 0 Å². The summed E-state index contributed by atoms with van der Waals surface area (Å²) in [6.07, 6.45) is 10.2. The van der Waals surface area contributed by atoms with E-state index < -0.39 is 5.82 Å². The maximum absolute atomic E-state index is 13.7. The highest BCUT2D eigenvalue weighted by atomic mass is 19.1. The number of carbonyl (C=O) groups is 1. The van der Waals surface area contributed by atoms with Crippen LogP contribution in [0.15, 0.2) is 49.2 Å². The summed E-state index contributed by atoms with van der Waals surface area (Å²) in [5, 5.41) is 8.63. The Morgan fingerprint density at radius 1 is 1.26 bits per heavy atom. The molecular weight excluding hydrogens is 433 g/mol. The fraction of sp³-hybridized carbons (Fsp3) is 0.360. The molecule has 1 saturated heterocycles. The summed E-state index contributed by atoms with van der Waals surface area (Å²) in [6.45, 7) is 5.34. The van der Waals surface area contributed by atoms with E-state index in [2.05, 4.69) is 49.1 Å². The van der Waals surface area contributed by atoms with Crippen molar-refractivity contribution in [2.24, 2.45) is 0 Å². The Morgan fingerprint density at radius 2 is 2.12 bits per heavy atom. The van der Waals surface area contributed by atoms with Crippen molar-refractivity contribution in [2.75, 3.05) is 6.54 Å². The number of H-pyrrole nitrogens is 1. The van der Waals surface area contributed by atoms with E-state index in [1.807, 2.05) is 30.4 Å². The smallest absolute Gasteiger partial charge is 0.318 e. The second-order valence-electron chi connectivity index (χ2n) is 9.44. The van der Waals surface area contributed by atoms with E-state index in [0.717, 1.165) is 47.7 Å². The zero-order valence-electron chi connectivity index (χ0n) is 19.1. The molecule has 1 fully saturated rings. The van der Waals surface area contributed by atoms with Crippen LogP contribution in [-0.2, 0) is 12.0 Å². The van der Waals surface area contributed by atoms with Gasteiger partial charge in [0, 0.05) is 54.4 Å². The molecule has 0 aromatic carbocycles. The second kappa shape index (κ2) is 7.65. The van der Waals surface area contributed by atoms with Gasteiger partial charge in [-0.2, -0.15) is 5.10 Å². The molecule has 3 atom stereocenters. The van der Waals surface area contributed by atoms with Crippen molar-refractivity contribution in [1.82, 2.24) is 34.9 Å². The van der Waals surface area contributed by atoms with Crippen LogP contribution in [0.4, 0.5) is 9.18 Å². The molecule has 4 aromatic rings. The molecule has 0 radical (unpaired) electrons. The molecule has 2 amide bonds. The van der Waals surface area contributed by atoms with Crippen molar-refractivity contribution in [3.8, 4) is 0 Å². The Bertz CT molecular complexity index is 1390.